The first-order chi connectivity index (χ1) is 13.7. The fourth-order valence-corrected chi connectivity index (χ4v) is 7.82. The molecule has 0 bridgehead atoms. The van der Waals surface area contributed by atoms with Gasteiger partial charge >= 0.3 is 0 Å². The number of nitrogens with two attached hydrogens (primary N) is 1. The van der Waals surface area contributed by atoms with E-state index in [-0.39, 0.29) is 17.5 Å². The Kier molecular flexibility index (Phi) is 3.65. The predicted octanol–water partition coefficient (Wildman–Crippen LogP) is 3.41. The van der Waals surface area contributed by atoms with Gasteiger partial charge in [-0.05, 0) is 78.6 Å². The molecule has 1 saturated carbocycles. The molecular weight excluding hydrogens is 380 g/mol. The zero-order valence-electron chi connectivity index (χ0n) is 16.9. The van der Waals surface area contributed by atoms with Gasteiger partial charge in [-0.3, -0.25) is 4.99 Å². The Labute approximate surface area is 172 Å². The highest BCUT2D eigenvalue weighted by Gasteiger charge is 2.67. The van der Waals surface area contributed by atoms with Crippen LogP contribution in [0.5, 0.6) is 0 Å². The summed E-state index contributed by atoms with van der Waals surface area (Å²) in [5.74, 6) is 6.40. The predicted molar refractivity (Wildman–Crippen MR) is 117 cm³/mol. The maximum atomic E-state index is 13.1. The van der Waals surface area contributed by atoms with Crippen molar-refractivity contribution in [2.24, 2.45) is 16.6 Å². The monoisotopic (exact) mass is 404 g/mol. The van der Waals surface area contributed by atoms with Crippen molar-refractivity contribution in [1.82, 2.24) is 0 Å². The molecule has 5 rings (SSSR count). The van der Waals surface area contributed by atoms with E-state index in [9.17, 15) is 8.42 Å². The number of aliphatic imine (C=N–C) groups is 1. The number of nitrogens with zero attached hydrogens (tertiary/aromatic N) is 1. The second-order valence-corrected chi connectivity index (χ2v) is 11.1. The van der Waals surface area contributed by atoms with Crippen molar-refractivity contribution < 1.29 is 8.42 Å². The molecule has 1 heterocycles. The molecule has 0 radical (unpaired) electrons. The van der Waals surface area contributed by atoms with Crippen LogP contribution in [0.25, 0.3) is 11.1 Å². The van der Waals surface area contributed by atoms with Crippen LogP contribution in [0.1, 0.15) is 49.4 Å². The largest absolute Gasteiger partial charge is 0.386 e. The summed E-state index contributed by atoms with van der Waals surface area (Å²) < 4.78 is 25.4. The molecule has 0 amide bonds. The Morgan fingerprint density at radius 3 is 2.41 bits per heavy atom. The standard InChI is InChI=1S/C24H24N2O2S/c1-4-5-16-6-7-17-11-18-8-9-19(12-21(18)20(17)10-16)23(3)14-29(27,28)24(13-15(24)2)22(25)26-23/h6-10,12,15H,11,13-14H2,1-3H3,(H2,25,26)/t15-,23+,24+/m1/s1. The molecule has 1 aliphatic heterocycles. The van der Waals surface area contributed by atoms with Gasteiger partial charge in [0.2, 0.25) is 0 Å². The van der Waals surface area contributed by atoms with Crippen LogP contribution >= 0.6 is 0 Å². The summed E-state index contributed by atoms with van der Waals surface area (Å²) in [5.41, 5.74) is 12.1. The van der Waals surface area contributed by atoms with E-state index in [1.807, 2.05) is 26.8 Å². The topological polar surface area (TPSA) is 72.5 Å². The van der Waals surface area contributed by atoms with Crippen molar-refractivity contribution in [3.63, 3.8) is 0 Å². The molecule has 0 unspecified atom stereocenters. The van der Waals surface area contributed by atoms with Crippen molar-refractivity contribution in [3.8, 4) is 23.0 Å². The van der Waals surface area contributed by atoms with E-state index in [0.29, 0.717) is 6.42 Å². The molecule has 1 fully saturated rings. The van der Waals surface area contributed by atoms with Gasteiger partial charge in [-0.25, -0.2) is 8.42 Å². The minimum atomic E-state index is -3.37. The molecular formula is C24H24N2O2S. The van der Waals surface area contributed by atoms with Crippen LogP contribution in [0.2, 0.25) is 0 Å². The molecule has 0 aromatic heterocycles. The molecule has 3 atom stereocenters. The van der Waals surface area contributed by atoms with Crippen molar-refractivity contribution in [2.75, 3.05) is 5.75 Å². The number of benzene rings is 2. The molecule has 2 aliphatic carbocycles. The number of fused-ring (bicyclic) bond motifs is 3. The van der Waals surface area contributed by atoms with Gasteiger partial charge in [-0.2, -0.15) is 0 Å². The minimum Gasteiger partial charge on any atom is -0.386 e. The summed E-state index contributed by atoms with van der Waals surface area (Å²) in [6.45, 7) is 5.65. The van der Waals surface area contributed by atoms with Crippen LogP contribution in [0.4, 0.5) is 0 Å². The zero-order chi connectivity index (χ0) is 20.6. The first-order valence-corrected chi connectivity index (χ1v) is 11.6. The molecule has 148 valence electrons. The lowest BCUT2D eigenvalue weighted by Crippen LogP contribution is -2.51. The van der Waals surface area contributed by atoms with Gasteiger partial charge in [0.15, 0.2) is 9.84 Å². The first kappa shape index (κ1) is 18.4. The molecule has 1 spiro atoms. The number of sulfone groups is 1. The van der Waals surface area contributed by atoms with Crippen LogP contribution in [0, 0.1) is 17.8 Å². The SMILES string of the molecule is CC#Cc1ccc2c(c1)-c1cc([C@]3(C)CS(=O)(=O)[C@]4(C[C@H]4C)C(N)=N3)ccc1C2. The van der Waals surface area contributed by atoms with Crippen molar-refractivity contribution >= 4 is 15.7 Å². The maximum absolute atomic E-state index is 13.1. The average Bonchev–Trinajstić information content (AvgIpc) is 3.22. The Bertz CT molecular complexity index is 1270. The molecule has 2 N–H and O–H groups in total. The van der Waals surface area contributed by atoms with E-state index in [1.165, 1.54) is 16.7 Å². The third kappa shape index (κ3) is 2.45. The quantitative estimate of drug-likeness (QED) is 0.632. The molecule has 2 aromatic rings. The normalized spacial score (nSPS) is 30.7. The Morgan fingerprint density at radius 2 is 1.79 bits per heavy atom. The van der Waals surface area contributed by atoms with Crippen molar-refractivity contribution in [3.05, 3.63) is 58.7 Å². The van der Waals surface area contributed by atoms with Gasteiger partial charge in [0.05, 0.1) is 11.3 Å². The average molecular weight is 405 g/mol. The van der Waals surface area contributed by atoms with E-state index in [4.69, 9.17) is 10.7 Å². The smallest absolute Gasteiger partial charge is 0.166 e. The summed E-state index contributed by atoms with van der Waals surface area (Å²) in [6.07, 6.45) is 1.46. The van der Waals surface area contributed by atoms with Gasteiger partial charge in [0, 0.05) is 5.56 Å². The lowest BCUT2D eigenvalue weighted by molar-refractivity contribution is 0.510. The highest BCUT2D eigenvalue weighted by molar-refractivity contribution is 7.94. The summed E-state index contributed by atoms with van der Waals surface area (Å²) in [6, 6.07) is 12.5. The zero-order valence-corrected chi connectivity index (χ0v) is 17.7. The van der Waals surface area contributed by atoms with Gasteiger partial charge in [0.25, 0.3) is 0 Å². The van der Waals surface area contributed by atoms with Gasteiger partial charge in [-0.15, -0.1) is 5.92 Å². The molecule has 0 saturated heterocycles. The van der Waals surface area contributed by atoms with E-state index in [0.717, 1.165) is 23.1 Å². The third-order valence-corrected chi connectivity index (χ3v) is 9.68. The van der Waals surface area contributed by atoms with Crippen LogP contribution in [-0.4, -0.2) is 24.8 Å². The van der Waals surface area contributed by atoms with Crippen LogP contribution in [0.3, 0.4) is 0 Å². The van der Waals surface area contributed by atoms with E-state index in [2.05, 4.69) is 42.2 Å². The van der Waals surface area contributed by atoms with Gasteiger partial charge < -0.3 is 5.73 Å². The number of rotatable bonds is 1. The number of hydrogen-bond donors (Lipinski definition) is 1. The molecule has 29 heavy (non-hydrogen) atoms. The van der Waals surface area contributed by atoms with E-state index < -0.39 is 20.1 Å². The maximum Gasteiger partial charge on any atom is 0.166 e. The molecule has 3 aliphatic rings. The Hall–Kier alpha value is -2.58. The number of amidine groups is 1. The molecule has 5 heteroatoms. The fourth-order valence-electron chi connectivity index (χ4n) is 5.11. The fraction of sp³-hybridized carbons (Fsp3) is 0.375. The van der Waals surface area contributed by atoms with Gasteiger partial charge in [-0.1, -0.05) is 31.0 Å². The second kappa shape index (κ2) is 5.73. The summed E-state index contributed by atoms with van der Waals surface area (Å²) in [7, 11) is -3.37. The van der Waals surface area contributed by atoms with Crippen LogP contribution in [-0.2, 0) is 21.8 Å². The highest BCUT2D eigenvalue weighted by atomic mass is 32.2. The lowest BCUT2D eigenvalue weighted by Gasteiger charge is -2.35. The summed E-state index contributed by atoms with van der Waals surface area (Å²) in [5, 5.41) is 0. The third-order valence-electron chi connectivity index (χ3n) is 6.85. The van der Waals surface area contributed by atoms with Crippen LogP contribution in [0.15, 0.2) is 41.4 Å². The first-order valence-electron chi connectivity index (χ1n) is 9.98. The Morgan fingerprint density at radius 1 is 1.14 bits per heavy atom. The number of hydrogen-bond acceptors (Lipinski definition) is 4. The summed E-state index contributed by atoms with van der Waals surface area (Å²) >= 11 is 0. The van der Waals surface area contributed by atoms with Gasteiger partial charge in [0.1, 0.15) is 10.6 Å². The molecule has 2 aromatic carbocycles. The van der Waals surface area contributed by atoms with E-state index in [1.54, 1.807) is 0 Å². The van der Waals surface area contributed by atoms with E-state index >= 15 is 0 Å². The highest BCUT2D eigenvalue weighted by Crippen LogP contribution is 2.54. The summed E-state index contributed by atoms with van der Waals surface area (Å²) in [4.78, 5) is 4.77. The van der Waals surface area contributed by atoms with Crippen molar-refractivity contribution in [2.45, 2.75) is 43.9 Å². The van der Waals surface area contributed by atoms with Crippen LogP contribution < -0.4 is 5.73 Å². The lowest BCUT2D eigenvalue weighted by atomic mass is 9.90. The minimum absolute atomic E-state index is 0.00195. The molecule has 4 nitrogen and oxygen atoms in total. The Balaban J connectivity index is 1.62. The second-order valence-electron chi connectivity index (χ2n) is 8.82. The van der Waals surface area contributed by atoms with Crippen molar-refractivity contribution in [1.29, 1.82) is 0 Å².